The minimum atomic E-state index is 0.0432. The summed E-state index contributed by atoms with van der Waals surface area (Å²) in [5, 5.41) is 4.11. The van der Waals surface area contributed by atoms with E-state index in [2.05, 4.69) is 28.2 Å². The second-order valence-corrected chi connectivity index (χ2v) is 4.96. The van der Waals surface area contributed by atoms with E-state index in [1.165, 1.54) is 0 Å². The smallest absolute Gasteiger partial charge is 0.125 e. The summed E-state index contributed by atoms with van der Waals surface area (Å²) < 4.78 is 6.45. The maximum absolute atomic E-state index is 5.95. The Kier molecular flexibility index (Phi) is 4.26. The lowest BCUT2D eigenvalue weighted by Crippen LogP contribution is -2.21. The molecule has 0 saturated carbocycles. The highest BCUT2D eigenvalue weighted by molar-refractivity contribution is 9.10. The molecule has 1 unspecified atom stereocenters. The predicted octanol–water partition coefficient (Wildman–Crippen LogP) is 4.39. The van der Waals surface area contributed by atoms with Gasteiger partial charge in [0.15, 0.2) is 0 Å². The Morgan fingerprint density at radius 1 is 1.41 bits per heavy atom. The van der Waals surface area contributed by atoms with Gasteiger partial charge >= 0.3 is 0 Å². The Balaban J connectivity index is 2.39. The molecular formula is C13H13BrClNO. The molecule has 2 nitrogen and oxygen atoms in total. The third-order valence-electron chi connectivity index (χ3n) is 2.51. The number of halogens is 2. The third-order valence-corrected chi connectivity index (χ3v) is 3.43. The molecule has 17 heavy (non-hydrogen) atoms. The summed E-state index contributed by atoms with van der Waals surface area (Å²) in [6.07, 6.45) is 1.68. The summed E-state index contributed by atoms with van der Waals surface area (Å²) in [6, 6.07) is 9.68. The lowest BCUT2D eigenvalue weighted by Gasteiger charge is -2.17. The highest BCUT2D eigenvalue weighted by Gasteiger charge is 2.18. The van der Waals surface area contributed by atoms with Crippen molar-refractivity contribution in [2.24, 2.45) is 0 Å². The first-order valence-corrected chi connectivity index (χ1v) is 6.61. The molecule has 4 heteroatoms. The minimum Gasteiger partial charge on any atom is -0.467 e. The van der Waals surface area contributed by atoms with Crippen molar-refractivity contribution >= 4 is 27.5 Å². The largest absolute Gasteiger partial charge is 0.467 e. The lowest BCUT2D eigenvalue weighted by molar-refractivity contribution is 0.451. The van der Waals surface area contributed by atoms with E-state index in [1.54, 1.807) is 6.26 Å². The van der Waals surface area contributed by atoms with E-state index in [-0.39, 0.29) is 6.04 Å². The van der Waals surface area contributed by atoms with E-state index in [0.29, 0.717) is 0 Å². The van der Waals surface area contributed by atoms with Gasteiger partial charge in [0.1, 0.15) is 5.76 Å². The molecule has 0 fully saturated rings. The van der Waals surface area contributed by atoms with Crippen molar-refractivity contribution in [2.75, 3.05) is 6.54 Å². The molecule has 90 valence electrons. The minimum absolute atomic E-state index is 0.0432. The summed E-state index contributed by atoms with van der Waals surface area (Å²) in [5.74, 6) is 0.898. The van der Waals surface area contributed by atoms with Gasteiger partial charge in [-0.1, -0.05) is 40.5 Å². The molecule has 1 heterocycles. The van der Waals surface area contributed by atoms with Gasteiger partial charge in [0.2, 0.25) is 0 Å². The number of rotatable bonds is 4. The highest BCUT2D eigenvalue weighted by atomic mass is 79.9. The lowest BCUT2D eigenvalue weighted by atomic mass is 10.0. The third kappa shape index (κ3) is 2.92. The number of nitrogens with one attached hydrogen (secondary N) is 1. The van der Waals surface area contributed by atoms with Crippen molar-refractivity contribution in [3.8, 4) is 0 Å². The van der Waals surface area contributed by atoms with E-state index in [0.717, 1.165) is 27.4 Å². The van der Waals surface area contributed by atoms with Crippen LogP contribution in [0.4, 0.5) is 0 Å². The van der Waals surface area contributed by atoms with Crippen LogP contribution >= 0.6 is 27.5 Å². The second-order valence-electron chi connectivity index (χ2n) is 3.67. The van der Waals surface area contributed by atoms with Gasteiger partial charge in [0, 0.05) is 9.50 Å². The van der Waals surface area contributed by atoms with Gasteiger partial charge in [-0.2, -0.15) is 0 Å². The molecule has 1 aromatic heterocycles. The quantitative estimate of drug-likeness (QED) is 0.905. The fourth-order valence-electron chi connectivity index (χ4n) is 1.76. The molecule has 0 aliphatic carbocycles. The topological polar surface area (TPSA) is 25.2 Å². The van der Waals surface area contributed by atoms with Gasteiger partial charge in [-0.25, -0.2) is 0 Å². The van der Waals surface area contributed by atoms with Crippen molar-refractivity contribution in [3.05, 3.63) is 57.4 Å². The van der Waals surface area contributed by atoms with Crippen LogP contribution in [0.5, 0.6) is 0 Å². The van der Waals surface area contributed by atoms with Crippen LogP contribution in [0.25, 0.3) is 0 Å². The number of hydrogen-bond donors (Lipinski definition) is 1. The molecule has 0 spiro atoms. The van der Waals surface area contributed by atoms with Crippen LogP contribution in [0.1, 0.15) is 24.3 Å². The summed E-state index contributed by atoms with van der Waals surface area (Å²) in [7, 11) is 0. The van der Waals surface area contributed by atoms with Gasteiger partial charge in [-0.3, -0.25) is 0 Å². The maximum Gasteiger partial charge on any atom is 0.125 e. The highest BCUT2D eigenvalue weighted by Crippen LogP contribution is 2.30. The first-order chi connectivity index (χ1) is 8.22. The molecule has 0 aliphatic rings. The molecule has 1 atom stereocenters. The predicted molar refractivity (Wildman–Crippen MR) is 73.4 cm³/mol. The average Bonchev–Trinajstić information content (AvgIpc) is 2.80. The Bertz CT molecular complexity index is 484. The summed E-state index contributed by atoms with van der Waals surface area (Å²) in [6.45, 7) is 2.93. The zero-order valence-corrected chi connectivity index (χ0v) is 11.8. The van der Waals surface area contributed by atoms with Crippen LogP contribution in [-0.4, -0.2) is 6.54 Å². The summed E-state index contributed by atoms with van der Waals surface area (Å²) in [4.78, 5) is 0. The second kappa shape index (κ2) is 5.71. The Labute approximate surface area is 114 Å². The van der Waals surface area contributed by atoms with Crippen LogP contribution in [0.2, 0.25) is 5.02 Å². The molecule has 0 bridgehead atoms. The molecule has 0 saturated heterocycles. The maximum atomic E-state index is 5.95. The van der Waals surface area contributed by atoms with Gasteiger partial charge in [0.25, 0.3) is 0 Å². The van der Waals surface area contributed by atoms with Crippen molar-refractivity contribution in [2.45, 2.75) is 13.0 Å². The van der Waals surface area contributed by atoms with E-state index in [9.17, 15) is 0 Å². The van der Waals surface area contributed by atoms with Crippen LogP contribution in [0.3, 0.4) is 0 Å². The SMILES string of the molecule is CCNC(c1ccco1)c1ccc(Cl)cc1Br. The van der Waals surface area contributed by atoms with Gasteiger partial charge in [-0.05, 0) is 36.4 Å². The van der Waals surface area contributed by atoms with Crippen LogP contribution in [0, 0.1) is 0 Å². The summed E-state index contributed by atoms with van der Waals surface area (Å²) in [5.41, 5.74) is 1.12. The Hall–Kier alpha value is -0.770. The fraction of sp³-hybridized carbons (Fsp3) is 0.231. The van der Waals surface area contributed by atoms with Crippen molar-refractivity contribution < 1.29 is 4.42 Å². The molecule has 2 aromatic rings. The summed E-state index contributed by atoms with van der Waals surface area (Å²) >= 11 is 9.49. The molecule has 0 aliphatic heterocycles. The normalized spacial score (nSPS) is 12.6. The molecular weight excluding hydrogens is 302 g/mol. The van der Waals surface area contributed by atoms with E-state index < -0.39 is 0 Å². The van der Waals surface area contributed by atoms with E-state index in [1.807, 2.05) is 30.3 Å². The average molecular weight is 315 g/mol. The number of furan rings is 1. The Morgan fingerprint density at radius 3 is 2.82 bits per heavy atom. The van der Waals surface area contributed by atoms with Crippen molar-refractivity contribution in [1.82, 2.24) is 5.32 Å². The number of benzene rings is 1. The molecule has 1 N–H and O–H groups in total. The van der Waals surface area contributed by atoms with Crippen LogP contribution in [-0.2, 0) is 0 Å². The van der Waals surface area contributed by atoms with E-state index >= 15 is 0 Å². The zero-order chi connectivity index (χ0) is 12.3. The van der Waals surface area contributed by atoms with Gasteiger partial charge in [-0.15, -0.1) is 0 Å². The standard InChI is InChI=1S/C13H13BrClNO/c1-2-16-13(12-4-3-7-17-12)10-6-5-9(15)8-11(10)14/h3-8,13,16H,2H2,1H3. The first kappa shape index (κ1) is 12.7. The number of hydrogen-bond acceptors (Lipinski definition) is 2. The van der Waals surface area contributed by atoms with Crippen molar-refractivity contribution in [3.63, 3.8) is 0 Å². The Morgan fingerprint density at radius 2 is 2.24 bits per heavy atom. The first-order valence-electron chi connectivity index (χ1n) is 5.44. The van der Waals surface area contributed by atoms with Gasteiger partial charge in [0.05, 0.1) is 12.3 Å². The van der Waals surface area contributed by atoms with Crippen LogP contribution < -0.4 is 5.32 Å². The fourth-order valence-corrected chi connectivity index (χ4v) is 2.67. The van der Waals surface area contributed by atoms with E-state index in [4.69, 9.17) is 16.0 Å². The molecule has 0 radical (unpaired) electrons. The zero-order valence-electron chi connectivity index (χ0n) is 9.41. The monoisotopic (exact) mass is 313 g/mol. The van der Waals surface area contributed by atoms with Crippen LogP contribution in [0.15, 0.2) is 45.5 Å². The van der Waals surface area contributed by atoms with Gasteiger partial charge < -0.3 is 9.73 Å². The molecule has 0 amide bonds. The molecule has 2 rings (SSSR count). The van der Waals surface area contributed by atoms with Crippen molar-refractivity contribution in [1.29, 1.82) is 0 Å². The molecule has 1 aromatic carbocycles.